The summed E-state index contributed by atoms with van der Waals surface area (Å²) in [5.74, 6) is 0. The Balaban J connectivity index is 1.68. The summed E-state index contributed by atoms with van der Waals surface area (Å²) in [4.78, 5) is 1.23. The third-order valence-electron chi connectivity index (χ3n) is 2.23. The molecular formula is C10H14BrNO2S. The van der Waals surface area contributed by atoms with Crippen LogP contribution in [-0.4, -0.2) is 32.4 Å². The van der Waals surface area contributed by atoms with Gasteiger partial charge in [-0.1, -0.05) is 0 Å². The van der Waals surface area contributed by atoms with Crippen LogP contribution in [0.3, 0.4) is 0 Å². The van der Waals surface area contributed by atoms with Gasteiger partial charge in [0.15, 0.2) is 0 Å². The number of nitrogens with one attached hydrogen (secondary N) is 1. The molecule has 1 unspecified atom stereocenters. The highest BCUT2D eigenvalue weighted by molar-refractivity contribution is 9.10. The Labute approximate surface area is 102 Å². The van der Waals surface area contributed by atoms with E-state index in [1.807, 2.05) is 6.07 Å². The Morgan fingerprint density at radius 3 is 3.27 bits per heavy atom. The Kier molecular flexibility index (Phi) is 4.59. The van der Waals surface area contributed by atoms with Crippen molar-refractivity contribution in [2.75, 3.05) is 26.3 Å². The van der Waals surface area contributed by atoms with Crippen molar-refractivity contribution in [2.45, 2.75) is 12.7 Å². The lowest BCUT2D eigenvalue weighted by Gasteiger charge is -2.23. The number of morpholine rings is 1. The Bertz CT molecular complexity index is 299. The summed E-state index contributed by atoms with van der Waals surface area (Å²) in [7, 11) is 0. The molecule has 15 heavy (non-hydrogen) atoms. The largest absolute Gasteiger partial charge is 0.373 e. The Morgan fingerprint density at radius 1 is 1.67 bits per heavy atom. The predicted octanol–water partition coefficient (Wildman–Crippen LogP) is 2.02. The second kappa shape index (κ2) is 5.96. The first-order valence-corrected chi connectivity index (χ1v) is 6.65. The van der Waals surface area contributed by atoms with Crippen molar-refractivity contribution in [3.8, 4) is 0 Å². The van der Waals surface area contributed by atoms with Crippen LogP contribution in [0, 0.1) is 0 Å². The third kappa shape index (κ3) is 3.53. The molecule has 1 N–H and O–H groups in total. The van der Waals surface area contributed by atoms with E-state index in [2.05, 4.69) is 26.6 Å². The van der Waals surface area contributed by atoms with Crippen molar-refractivity contribution < 1.29 is 9.47 Å². The molecular weight excluding hydrogens is 278 g/mol. The molecule has 1 aliphatic heterocycles. The Hall–Kier alpha value is 0.0600. The number of rotatable bonds is 4. The SMILES string of the molecule is Brc1ccsc1COCC1CNCCO1. The molecule has 1 saturated heterocycles. The van der Waals surface area contributed by atoms with Crippen LogP contribution in [0.4, 0.5) is 0 Å². The predicted molar refractivity (Wildman–Crippen MR) is 64.3 cm³/mol. The first-order valence-electron chi connectivity index (χ1n) is 4.98. The van der Waals surface area contributed by atoms with Crippen LogP contribution >= 0.6 is 27.3 Å². The number of hydrogen-bond acceptors (Lipinski definition) is 4. The molecule has 0 aromatic carbocycles. The van der Waals surface area contributed by atoms with Crippen LogP contribution in [0.5, 0.6) is 0 Å². The molecule has 1 aromatic heterocycles. The van der Waals surface area contributed by atoms with E-state index in [0.29, 0.717) is 13.2 Å². The first kappa shape index (κ1) is 11.5. The maximum Gasteiger partial charge on any atom is 0.0933 e. The minimum absolute atomic E-state index is 0.206. The maximum absolute atomic E-state index is 5.61. The van der Waals surface area contributed by atoms with Crippen LogP contribution in [0.25, 0.3) is 0 Å². The fourth-order valence-electron chi connectivity index (χ4n) is 1.44. The van der Waals surface area contributed by atoms with Gasteiger partial charge in [0.05, 0.1) is 25.9 Å². The number of halogens is 1. The van der Waals surface area contributed by atoms with E-state index >= 15 is 0 Å². The van der Waals surface area contributed by atoms with Crippen molar-refractivity contribution in [1.29, 1.82) is 0 Å². The van der Waals surface area contributed by atoms with E-state index in [9.17, 15) is 0 Å². The Morgan fingerprint density at radius 2 is 2.60 bits per heavy atom. The number of hydrogen-bond donors (Lipinski definition) is 1. The van der Waals surface area contributed by atoms with Crippen LogP contribution in [0.2, 0.25) is 0 Å². The van der Waals surface area contributed by atoms with Crippen molar-refractivity contribution in [1.82, 2.24) is 5.32 Å². The quantitative estimate of drug-likeness (QED) is 0.921. The highest BCUT2D eigenvalue weighted by atomic mass is 79.9. The van der Waals surface area contributed by atoms with Gasteiger partial charge in [0, 0.05) is 22.4 Å². The van der Waals surface area contributed by atoms with E-state index in [4.69, 9.17) is 9.47 Å². The second-order valence-corrected chi connectivity index (χ2v) is 5.26. The van der Waals surface area contributed by atoms with Gasteiger partial charge in [-0.2, -0.15) is 0 Å². The van der Waals surface area contributed by atoms with Gasteiger partial charge in [-0.15, -0.1) is 11.3 Å². The smallest absolute Gasteiger partial charge is 0.0933 e. The van der Waals surface area contributed by atoms with Gasteiger partial charge in [-0.05, 0) is 27.4 Å². The lowest BCUT2D eigenvalue weighted by Crippen LogP contribution is -2.40. The van der Waals surface area contributed by atoms with Gasteiger partial charge >= 0.3 is 0 Å². The second-order valence-electron chi connectivity index (χ2n) is 3.40. The van der Waals surface area contributed by atoms with Gasteiger partial charge in [0.25, 0.3) is 0 Å². The summed E-state index contributed by atoms with van der Waals surface area (Å²) in [5, 5.41) is 5.34. The maximum atomic E-state index is 5.61. The van der Waals surface area contributed by atoms with Gasteiger partial charge in [-0.3, -0.25) is 0 Å². The third-order valence-corrected chi connectivity index (χ3v) is 4.13. The monoisotopic (exact) mass is 291 g/mol. The van der Waals surface area contributed by atoms with Gasteiger partial charge in [-0.25, -0.2) is 0 Å². The molecule has 1 atom stereocenters. The summed E-state index contributed by atoms with van der Waals surface area (Å²) in [6.07, 6.45) is 0.206. The zero-order valence-electron chi connectivity index (χ0n) is 8.37. The normalized spacial score (nSPS) is 21.8. The van der Waals surface area contributed by atoms with Crippen molar-refractivity contribution in [2.24, 2.45) is 0 Å². The van der Waals surface area contributed by atoms with Gasteiger partial charge < -0.3 is 14.8 Å². The minimum Gasteiger partial charge on any atom is -0.373 e. The average molecular weight is 292 g/mol. The highest BCUT2D eigenvalue weighted by Crippen LogP contribution is 2.23. The molecule has 0 amide bonds. The fourth-order valence-corrected chi connectivity index (χ4v) is 2.84. The van der Waals surface area contributed by atoms with E-state index in [1.165, 1.54) is 4.88 Å². The molecule has 1 aliphatic rings. The summed E-state index contributed by atoms with van der Waals surface area (Å²) in [6.45, 7) is 3.96. The molecule has 3 nitrogen and oxygen atoms in total. The van der Waals surface area contributed by atoms with E-state index in [1.54, 1.807) is 11.3 Å². The summed E-state index contributed by atoms with van der Waals surface area (Å²) >= 11 is 5.19. The molecule has 0 radical (unpaired) electrons. The van der Waals surface area contributed by atoms with Crippen LogP contribution < -0.4 is 5.32 Å². The van der Waals surface area contributed by atoms with Crippen LogP contribution in [-0.2, 0) is 16.1 Å². The molecule has 2 rings (SSSR count). The molecule has 0 aliphatic carbocycles. The molecule has 0 saturated carbocycles. The summed E-state index contributed by atoms with van der Waals surface area (Å²) < 4.78 is 12.3. The number of ether oxygens (including phenoxy) is 2. The molecule has 1 fully saturated rings. The molecule has 1 aromatic rings. The molecule has 2 heterocycles. The van der Waals surface area contributed by atoms with E-state index < -0.39 is 0 Å². The van der Waals surface area contributed by atoms with Gasteiger partial charge in [0.1, 0.15) is 0 Å². The standard InChI is InChI=1S/C10H14BrNO2S/c11-9-1-4-15-10(9)7-13-6-8-5-12-2-3-14-8/h1,4,8,12H,2-3,5-7H2. The van der Waals surface area contributed by atoms with Gasteiger partial charge in [0.2, 0.25) is 0 Å². The lowest BCUT2D eigenvalue weighted by molar-refractivity contribution is -0.0353. The molecule has 0 spiro atoms. The summed E-state index contributed by atoms with van der Waals surface area (Å²) in [5.41, 5.74) is 0. The van der Waals surface area contributed by atoms with E-state index in [0.717, 1.165) is 24.2 Å². The number of thiophene rings is 1. The average Bonchev–Trinajstić information content (AvgIpc) is 2.66. The molecule has 5 heteroatoms. The highest BCUT2D eigenvalue weighted by Gasteiger charge is 2.13. The summed E-state index contributed by atoms with van der Waals surface area (Å²) in [6, 6.07) is 2.04. The van der Waals surface area contributed by atoms with Crippen LogP contribution in [0.15, 0.2) is 15.9 Å². The van der Waals surface area contributed by atoms with Crippen molar-refractivity contribution in [3.05, 3.63) is 20.8 Å². The van der Waals surface area contributed by atoms with Crippen LogP contribution in [0.1, 0.15) is 4.88 Å². The topological polar surface area (TPSA) is 30.5 Å². The van der Waals surface area contributed by atoms with E-state index in [-0.39, 0.29) is 6.10 Å². The molecule has 84 valence electrons. The zero-order chi connectivity index (χ0) is 10.5. The van der Waals surface area contributed by atoms with Crippen molar-refractivity contribution >= 4 is 27.3 Å². The lowest BCUT2D eigenvalue weighted by atomic mass is 10.3. The fraction of sp³-hybridized carbons (Fsp3) is 0.600. The van der Waals surface area contributed by atoms with Crippen molar-refractivity contribution in [3.63, 3.8) is 0 Å². The first-order chi connectivity index (χ1) is 7.36. The molecule has 0 bridgehead atoms. The minimum atomic E-state index is 0.206. The zero-order valence-corrected chi connectivity index (χ0v) is 10.8.